The lowest BCUT2D eigenvalue weighted by molar-refractivity contribution is -0.136. The van der Waals surface area contributed by atoms with Crippen molar-refractivity contribution < 1.29 is 14.4 Å². The van der Waals surface area contributed by atoms with Crippen LogP contribution in [-0.2, 0) is 28.2 Å². The van der Waals surface area contributed by atoms with Gasteiger partial charge in [0.2, 0.25) is 11.8 Å². The summed E-state index contributed by atoms with van der Waals surface area (Å²) < 4.78 is 0. The Morgan fingerprint density at radius 2 is 1.81 bits per heavy atom. The Morgan fingerprint density at radius 1 is 1.03 bits per heavy atom. The van der Waals surface area contributed by atoms with Crippen LogP contribution < -0.4 is 16.0 Å². The van der Waals surface area contributed by atoms with Crippen molar-refractivity contribution in [3.63, 3.8) is 0 Å². The predicted octanol–water partition coefficient (Wildman–Crippen LogP) is 1.82. The van der Waals surface area contributed by atoms with Gasteiger partial charge in [-0.25, -0.2) is 0 Å². The standard InChI is InChI=1S/C25H28N4O3/c30-22-9-8-21(23(31)28-22)29-16-18-14-17(6-7-20(18)24(29)32)15-27-25(10-12-26-13-11-25)19-4-2-1-3-5-19/h1-7,14,21,26-27H,8-13,15-16H2,(H,28,30,31). The summed E-state index contributed by atoms with van der Waals surface area (Å²) in [5, 5.41) is 9.62. The largest absolute Gasteiger partial charge is 0.322 e. The lowest BCUT2D eigenvalue weighted by Gasteiger charge is -2.39. The van der Waals surface area contributed by atoms with E-state index in [1.54, 1.807) is 4.90 Å². The fraction of sp³-hybridized carbons (Fsp3) is 0.400. The van der Waals surface area contributed by atoms with Crippen molar-refractivity contribution in [2.24, 2.45) is 0 Å². The third kappa shape index (κ3) is 3.82. The van der Waals surface area contributed by atoms with Gasteiger partial charge >= 0.3 is 0 Å². The summed E-state index contributed by atoms with van der Waals surface area (Å²) in [7, 11) is 0. The van der Waals surface area contributed by atoms with Gasteiger partial charge in [0.15, 0.2) is 0 Å². The number of nitrogens with one attached hydrogen (secondary N) is 3. The third-order valence-corrected chi connectivity index (χ3v) is 7.00. The average molecular weight is 433 g/mol. The summed E-state index contributed by atoms with van der Waals surface area (Å²) in [6, 6.07) is 16.0. The molecule has 0 bridgehead atoms. The zero-order valence-electron chi connectivity index (χ0n) is 18.0. The molecule has 3 aliphatic heterocycles. The summed E-state index contributed by atoms with van der Waals surface area (Å²) in [6.07, 6.45) is 2.68. The number of nitrogens with zero attached hydrogens (tertiary/aromatic N) is 1. The van der Waals surface area contributed by atoms with Crippen LogP contribution in [0.25, 0.3) is 0 Å². The topological polar surface area (TPSA) is 90.5 Å². The maximum atomic E-state index is 12.9. The molecule has 0 aromatic heterocycles. The maximum absolute atomic E-state index is 12.9. The second-order valence-electron chi connectivity index (χ2n) is 8.94. The highest BCUT2D eigenvalue weighted by Gasteiger charge is 2.39. The summed E-state index contributed by atoms with van der Waals surface area (Å²) in [4.78, 5) is 38.2. The molecule has 1 atom stereocenters. The molecule has 2 aromatic carbocycles. The van der Waals surface area contributed by atoms with E-state index in [0.29, 0.717) is 25.1 Å². The van der Waals surface area contributed by atoms with Crippen molar-refractivity contribution in [3.8, 4) is 0 Å². The predicted molar refractivity (Wildman–Crippen MR) is 120 cm³/mol. The number of amides is 3. The van der Waals surface area contributed by atoms with Crippen molar-refractivity contribution in [2.75, 3.05) is 13.1 Å². The van der Waals surface area contributed by atoms with Gasteiger partial charge in [-0.15, -0.1) is 0 Å². The molecule has 1 unspecified atom stereocenters. The minimum Gasteiger partial charge on any atom is -0.322 e. The molecule has 3 aliphatic rings. The van der Waals surface area contributed by atoms with Gasteiger partial charge in [0.25, 0.3) is 5.91 Å². The normalized spacial score (nSPS) is 22.6. The van der Waals surface area contributed by atoms with Crippen LogP contribution in [0.1, 0.15) is 52.7 Å². The molecule has 5 rings (SSSR count). The Kier molecular flexibility index (Phi) is 5.53. The van der Waals surface area contributed by atoms with Gasteiger partial charge in [0.1, 0.15) is 6.04 Å². The van der Waals surface area contributed by atoms with Crippen LogP contribution in [0, 0.1) is 0 Å². The van der Waals surface area contributed by atoms with E-state index in [1.165, 1.54) is 5.56 Å². The van der Waals surface area contributed by atoms with Gasteiger partial charge in [0.05, 0.1) is 0 Å². The first-order chi connectivity index (χ1) is 15.6. The number of hydrogen-bond acceptors (Lipinski definition) is 5. The van der Waals surface area contributed by atoms with Gasteiger partial charge in [0, 0.05) is 30.6 Å². The first kappa shape index (κ1) is 20.8. The molecule has 3 heterocycles. The number of carbonyl (C=O) groups excluding carboxylic acids is 3. The monoisotopic (exact) mass is 432 g/mol. The van der Waals surface area contributed by atoms with Gasteiger partial charge in [-0.05, 0) is 55.1 Å². The van der Waals surface area contributed by atoms with Gasteiger partial charge in [-0.3, -0.25) is 19.7 Å². The lowest BCUT2D eigenvalue weighted by atomic mass is 9.81. The van der Waals surface area contributed by atoms with Crippen LogP contribution in [0.2, 0.25) is 0 Å². The Morgan fingerprint density at radius 3 is 2.56 bits per heavy atom. The van der Waals surface area contributed by atoms with Crippen molar-refractivity contribution in [2.45, 2.75) is 50.4 Å². The van der Waals surface area contributed by atoms with E-state index in [0.717, 1.165) is 37.1 Å². The quantitative estimate of drug-likeness (QED) is 0.627. The minimum absolute atomic E-state index is 0.0693. The highest BCUT2D eigenvalue weighted by molar-refractivity contribution is 6.05. The minimum atomic E-state index is -0.578. The highest BCUT2D eigenvalue weighted by Crippen LogP contribution is 2.32. The number of fused-ring (bicyclic) bond motifs is 1. The summed E-state index contributed by atoms with van der Waals surface area (Å²) in [5.74, 6) is -0.776. The first-order valence-electron chi connectivity index (χ1n) is 11.3. The number of benzene rings is 2. The zero-order valence-corrected chi connectivity index (χ0v) is 18.0. The zero-order chi connectivity index (χ0) is 22.1. The van der Waals surface area contributed by atoms with E-state index < -0.39 is 6.04 Å². The molecule has 3 N–H and O–H groups in total. The van der Waals surface area contributed by atoms with E-state index in [-0.39, 0.29) is 29.7 Å². The summed E-state index contributed by atoms with van der Waals surface area (Å²) >= 11 is 0. The van der Waals surface area contributed by atoms with Crippen molar-refractivity contribution in [1.29, 1.82) is 0 Å². The molecule has 2 aromatic rings. The van der Waals surface area contributed by atoms with E-state index >= 15 is 0 Å². The average Bonchev–Trinajstić information content (AvgIpc) is 3.14. The fourth-order valence-electron chi connectivity index (χ4n) is 5.19. The number of imide groups is 1. The summed E-state index contributed by atoms with van der Waals surface area (Å²) in [5.41, 5.74) is 3.95. The van der Waals surface area contributed by atoms with Gasteiger partial charge in [-0.2, -0.15) is 0 Å². The lowest BCUT2D eigenvalue weighted by Crippen LogP contribution is -2.52. The molecule has 0 radical (unpaired) electrons. The van der Waals surface area contributed by atoms with Crippen LogP contribution in [0.15, 0.2) is 48.5 Å². The fourth-order valence-corrected chi connectivity index (χ4v) is 5.19. The number of rotatable bonds is 5. The first-order valence-corrected chi connectivity index (χ1v) is 11.3. The number of carbonyl (C=O) groups is 3. The molecule has 7 nitrogen and oxygen atoms in total. The van der Waals surface area contributed by atoms with Crippen LogP contribution in [0.5, 0.6) is 0 Å². The van der Waals surface area contributed by atoms with E-state index in [1.807, 2.05) is 18.2 Å². The second-order valence-corrected chi connectivity index (χ2v) is 8.94. The van der Waals surface area contributed by atoms with Crippen LogP contribution in [-0.4, -0.2) is 41.8 Å². The van der Waals surface area contributed by atoms with Gasteiger partial charge in [-0.1, -0.05) is 42.5 Å². The molecule has 0 aliphatic carbocycles. The number of hydrogen-bond donors (Lipinski definition) is 3. The Balaban J connectivity index is 1.32. The van der Waals surface area contributed by atoms with E-state index in [4.69, 9.17) is 0 Å². The molecular weight excluding hydrogens is 404 g/mol. The Hall–Kier alpha value is -3.03. The Bertz CT molecular complexity index is 1050. The number of piperidine rings is 2. The second kappa shape index (κ2) is 8.48. The SMILES string of the molecule is O=C1CCC(N2Cc3cc(CNC4(c5ccccc5)CCNCC4)ccc3C2=O)C(=O)N1. The van der Waals surface area contributed by atoms with Crippen molar-refractivity contribution >= 4 is 17.7 Å². The summed E-state index contributed by atoms with van der Waals surface area (Å²) in [6.45, 7) is 3.06. The van der Waals surface area contributed by atoms with Crippen molar-refractivity contribution in [1.82, 2.24) is 20.9 Å². The van der Waals surface area contributed by atoms with E-state index in [9.17, 15) is 14.4 Å². The molecule has 2 fully saturated rings. The third-order valence-electron chi connectivity index (χ3n) is 7.00. The van der Waals surface area contributed by atoms with Crippen LogP contribution in [0.4, 0.5) is 0 Å². The maximum Gasteiger partial charge on any atom is 0.255 e. The Labute approximate surface area is 187 Å². The molecule has 0 saturated carbocycles. The van der Waals surface area contributed by atoms with Crippen molar-refractivity contribution in [3.05, 3.63) is 70.8 Å². The molecule has 0 spiro atoms. The smallest absolute Gasteiger partial charge is 0.255 e. The highest BCUT2D eigenvalue weighted by atomic mass is 16.2. The molecular formula is C25H28N4O3. The van der Waals surface area contributed by atoms with E-state index in [2.05, 4.69) is 46.3 Å². The molecule has 32 heavy (non-hydrogen) atoms. The molecule has 2 saturated heterocycles. The van der Waals surface area contributed by atoms with Crippen LogP contribution in [0.3, 0.4) is 0 Å². The van der Waals surface area contributed by atoms with Crippen LogP contribution >= 0.6 is 0 Å². The molecule has 3 amide bonds. The van der Waals surface area contributed by atoms with Gasteiger partial charge < -0.3 is 15.5 Å². The molecule has 166 valence electrons. The molecule has 7 heteroatoms.